The number of aromatic nitrogens is 2. The van der Waals surface area contributed by atoms with Gasteiger partial charge >= 0.3 is 0 Å². The first-order valence-electron chi connectivity index (χ1n) is 6.82. The molecular formula is C14H24N4. The third kappa shape index (κ3) is 2.64. The van der Waals surface area contributed by atoms with Crippen LogP contribution in [0.5, 0.6) is 0 Å². The monoisotopic (exact) mass is 248 g/mol. The predicted molar refractivity (Wildman–Crippen MR) is 74.7 cm³/mol. The zero-order chi connectivity index (χ0) is 13.2. The van der Waals surface area contributed by atoms with Crippen LogP contribution in [0.4, 0.5) is 5.69 Å². The van der Waals surface area contributed by atoms with Crippen LogP contribution in [-0.4, -0.2) is 34.6 Å². The second kappa shape index (κ2) is 5.22. The van der Waals surface area contributed by atoms with E-state index in [0.29, 0.717) is 12.0 Å². The molecule has 100 valence electrons. The molecule has 18 heavy (non-hydrogen) atoms. The molecule has 2 unspecified atom stereocenters. The largest absolute Gasteiger partial charge is 0.363 e. The van der Waals surface area contributed by atoms with E-state index in [0.717, 1.165) is 25.2 Å². The highest BCUT2D eigenvalue weighted by atomic mass is 15.3. The zero-order valence-electron chi connectivity index (χ0n) is 11.8. The van der Waals surface area contributed by atoms with Gasteiger partial charge in [-0.2, -0.15) is 0 Å². The summed E-state index contributed by atoms with van der Waals surface area (Å²) in [4.78, 5) is 10.8. The van der Waals surface area contributed by atoms with Crippen molar-refractivity contribution in [1.29, 1.82) is 0 Å². The van der Waals surface area contributed by atoms with E-state index < -0.39 is 0 Å². The van der Waals surface area contributed by atoms with Gasteiger partial charge in [-0.25, -0.2) is 9.97 Å². The summed E-state index contributed by atoms with van der Waals surface area (Å²) in [5.74, 6) is 0.610. The molecule has 2 heterocycles. The molecule has 0 aliphatic carbocycles. The smallest absolute Gasteiger partial charge is 0.115 e. The van der Waals surface area contributed by atoms with Gasteiger partial charge < -0.3 is 10.2 Å². The third-order valence-corrected chi connectivity index (χ3v) is 4.09. The summed E-state index contributed by atoms with van der Waals surface area (Å²) < 4.78 is 0. The molecule has 2 atom stereocenters. The number of nitrogens with zero attached hydrogens (tertiary/aromatic N) is 3. The summed E-state index contributed by atoms with van der Waals surface area (Å²) in [7, 11) is 0. The predicted octanol–water partition coefficient (Wildman–Crippen LogP) is 2.08. The van der Waals surface area contributed by atoms with Gasteiger partial charge in [-0.1, -0.05) is 20.8 Å². The molecule has 1 aliphatic rings. The van der Waals surface area contributed by atoms with Crippen molar-refractivity contribution in [3.05, 3.63) is 18.7 Å². The first-order valence-corrected chi connectivity index (χ1v) is 6.82. The minimum absolute atomic E-state index is 0.182. The second-order valence-electron chi connectivity index (χ2n) is 5.83. The number of nitrogens with one attached hydrogen (secondary N) is 1. The number of piperazine rings is 1. The maximum atomic E-state index is 4.15. The summed E-state index contributed by atoms with van der Waals surface area (Å²) >= 11 is 0. The van der Waals surface area contributed by atoms with Gasteiger partial charge in [0.2, 0.25) is 0 Å². The van der Waals surface area contributed by atoms with Crippen LogP contribution in [0, 0.1) is 5.92 Å². The summed E-state index contributed by atoms with van der Waals surface area (Å²) in [6.45, 7) is 11.1. The maximum Gasteiger partial charge on any atom is 0.115 e. The summed E-state index contributed by atoms with van der Waals surface area (Å²) in [6, 6.07) is 0.510. The van der Waals surface area contributed by atoms with Gasteiger partial charge in [0.05, 0.1) is 18.1 Å². The Bertz CT molecular complexity index is 379. The molecule has 1 aromatic heterocycles. The molecule has 0 saturated carbocycles. The maximum absolute atomic E-state index is 4.15. The minimum Gasteiger partial charge on any atom is -0.363 e. The topological polar surface area (TPSA) is 41.1 Å². The Morgan fingerprint density at radius 2 is 2.11 bits per heavy atom. The molecule has 1 fully saturated rings. The second-order valence-corrected chi connectivity index (χ2v) is 5.83. The normalized spacial score (nSPS) is 28.7. The lowest BCUT2D eigenvalue weighted by Crippen LogP contribution is -2.64. The lowest BCUT2D eigenvalue weighted by atomic mass is 9.89. The molecule has 0 radical (unpaired) electrons. The van der Waals surface area contributed by atoms with Crippen LogP contribution in [-0.2, 0) is 0 Å². The highest BCUT2D eigenvalue weighted by Crippen LogP contribution is 2.27. The van der Waals surface area contributed by atoms with Gasteiger partial charge in [-0.05, 0) is 19.3 Å². The Morgan fingerprint density at radius 1 is 1.44 bits per heavy atom. The average Bonchev–Trinajstić information content (AvgIpc) is 2.39. The third-order valence-electron chi connectivity index (χ3n) is 4.09. The molecule has 1 aromatic rings. The highest BCUT2D eigenvalue weighted by molar-refractivity contribution is 5.44. The fourth-order valence-electron chi connectivity index (χ4n) is 2.56. The molecule has 4 nitrogen and oxygen atoms in total. The van der Waals surface area contributed by atoms with Crippen LogP contribution in [0.1, 0.15) is 34.1 Å². The van der Waals surface area contributed by atoms with Crippen LogP contribution >= 0.6 is 0 Å². The number of hydrogen-bond donors (Lipinski definition) is 1. The quantitative estimate of drug-likeness (QED) is 0.889. The van der Waals surface area contributed by atoms with Gasteiger partial charge in [0.1, 0.15) is 6.33 Å². The van der Waals surface area contributed by atoms with Crippen molar-refractivity contribution >= 4 is 5.69 Å². The summed E-state index contributed by atoms with van der Waals surface area (Å²) in [6.07, 6.45) is 6.56. The van der Waals surface area contributed by atoms with Gasteiger partial charge in [-0.15, -0.1) is 0 Å². The highest BCUT2D eigenvalue weighted by Gasteiger charge is 2.36. The number of rotatable bonds is 3. The summed E-state index contributed by atoms with van der Waals surface area (Å²) in [5, 5.41) is 3.69. The van der Waals surface area contributed by atoms with Crippen LogP contribution in [0.15, 0.2) is 18.7 Å². The molecule has 1 N–H and O–H groups in total. The van der Waals surface area contributed by atoms with Gasteiger partial charge in [0.25, 0.3) is 0 Å². The molecule has 0 spiro atoms. The first kappa shape index (κ1) is 13.3. The molecule has 0 bridgehead atoms. The Balaban J connectivity index is 2.26. The van der Waals surface area contributed by atoms with Crippen LogP contribution in [0.25, 0.3) is 0 Å². The van der Waals surface area contributed by atoms with Gasteiger partial charge in [0, 0.05) is 24.7 Å². The van der Waals surface area contributed by atoms with E-state index in [9.17, 15) is 0 Å². The number of hydrogen-bond acceptors (Lipinski definition) is 4. The Labute approximate surface area is 110 Å². The van der Waals surface area contributed by atoms with E-state index >= 15 is 0 Å². The minimum atomic E-state index is 0.182. The van der Waals surface area contributed by atoms with Crippen molar-refractivity contribution < 1.29 is 0 Å². The molecule has 0 amide bonds. The Hall–Kier alpha value is -1.16. The zero-order valence-corrected chi connectivity index (χ0v) is 11.8. The van der Waals surface area contributed by atoms with Crippen LogP contribution in [0.3, 0.4) is 0 Å². The van der Waals surface area contributed by atoms with E-state index in [-0.39, 0.29) is 5.54 Å². The average molecular weight is 248 g/mol. The SMILES string of the molecule is CCC1(C)CN(c2cncnc2)C(C(C)C)CN1. The van der Waals surface area contributed by atoms with Gasteiger partial charge in [0.15, 0.2) is 0 Å². The van der Waals surface area contributed by atoms with Crippen molar-refractivity contribution in [1.82, 2.24) is 15.3 Å². The lowest BCUT2D eigenvalue weighted by Gasteiger charge is -2.48. The fraction of sp³-hybridized carbons (Fsp3) is 0.714. The first-order chi connectivity index (χ1) is 8.56. The lowest BCUT2D eigenvalue weighted by molar-refractivity contribution is 0.252. The van der Waals surface area contributed by atoms with Crippen molar-refractivity contribution in [2.45, 2.75) is 45.7 Å². The Morgan fingerprint density at radius 3 is 2.67 bits per heavy atom. The van der Waals surface area contributed by atoms with E-state index in [4.69, 9.17) is 0 Å². The molecule has 2 rings (SSSR count). The summed E-state index contributed by atoms with van der Waals surface area (Å²) in [5.41, 5.74) is 1.32. The van der Waals surface area contributed by atoms with Crippen molar-refractivity contribution in [2.75, 3.05) is 18.0 Å². The van der Waals surface area contributed by atoms with E-state index in [2.05, 4.69) is 47.9 Å². The van der Waals surface area contributed by atoms with Crippen LogP contribution in [0.2, 0.25) is 0 Å². The number of anilines is 1. The van der Waals surface area contributed by atoms with E-state index in [1.807, 2.05) is 12.4 Å². The van der Waals surface area contributed by atoms with Crippen LogP contribution < -0.4 is 10.2 Å². The van der Waals surface area contributed by atoms with E-state index in [1.165, 1.54) is 0 Å². The Kier molecular flexibility index (Phi) is 3.85. The molecule has 1 aliphatic heterocycles. The van der Waals surface area contributed by atoms with Gasteiger partial charge in [-0.3, -0.25) is 0 Å². The van der Waals surface area contributed by atoms with Crippen molar-refractivity contribution in [3.63, 3.8) is 0 Å². The molecule has 4 heteroatoms. The molecule has 0 aromatic carbocycles. The van der Waals surface area contributed by atoms with E-state index in [1.54, 1.807) is 6.33 Å². The molecule has 1 saturated heterocycles. The van der Waals surface area contributed by atoms with Crippen molar-refractivity contribution in [2.24, 2.45) is 5.92 Å². The molecular weight excluding hydrogens is 224 g/mol. The standard InChI is InChI=1S/C14H24N4/c1-5-14(4)9-18(12-6-15-10-16-7-12)13(8-17-14)11(2)3/h6-7,10-11,13,17H,5,8-9H2,1-4H3. The fourth-order valence-corrected chi connectivity index (χ4v) is 2.56. The van der Waals surface area contributed by atoms with Crippen molar-refractivity contribution in [3.8, 4) is 0 Å².